The van der Waals surface area contributed by atoms with Gasteiger partial charge in [0.1, 0.15) is 6.04 Å². The number of piperidine rings is 1. The van der Waals surface area contributed by atoms with Gasteiger partial charge in [0.25, 0.3) is 11.8 Å². The van der Waals surface area contributed by atoms with E-state index in [1.165, 1.54) is 0 Å². The molecule has 0 saturated carbocycles. The Morgan fingerprint density at radius 3 is 2.61 bits per heavy atom. The van der Waals surface area contributed by atoms with Crippen molar-refractivity contribution in [3.8, 4) is 0 Å². The molecule has 0 aromatic heterocycles. The normalized spacial score (nSPS) is 22.3. The highest BCUT2D eigenvalue weighted by atomic mass is 16.5. The van der Waals surface area contributed by atoms with Crippen molar-refractivity contribution in [1.82, 2.24) is 20.9 Å². The van der Waals surface area contributed by atoms with Crippen LogP contribution >= 0.6 is 0 Å². The van der Waals surface area contributed by atoms with Crippen LogP contribution in [0.5, 0.6) is 0 Å². The Morgan fingerprint density at radius 1 is 1.11 bits per heavy atom. The molecule has 3 aliphatic heterocycles. The van der Waals surface area contributed by atoms with E-state index >= 15 is 0 Å². The van der Waals surface area contributed by atoms with E-state index in [2.05, 4.69) is 16.0 Å². The molecule has 2 saturated heterocycles. The Kier molecular flexibility index (Phi) is 5.21. The van der Waals surface area contributed by atoms with Gasteiger partial charge < -0.3 is 15.4 Å². The van der Waals surface area contributed by atoms with Gasteiger partial charge >= 0.3 is 0 Å². The summed E-state index contributed by atoms with van der Waals surface area (Å²) in [6.07, 6.45) is 0.558. The second kappa shape index (κ2) is 7.78. The maximum Gasteiger partial charge on any atom is 0.262 e. The van der Waals surface area contributed by atoms with E-state index < -0.39 is 23.8 Å². The van der Waals surface area contributed by atoms with Gasteiger partial charge in [0.15, 0.2) is 0 Å². The molecule has 28 heavy (non-hydrogen) atoms. The van der Waals surface area contributed by atoms with Crippen molar-refractivity contribution in [3.05, 3.63) is 34.9 Å². The largest absolute Gasteiger partial charge is 0.374 e. The summed E-state index contributed by atoms with van der Waals surface area (Å²) < 4.78 is 5.63. The predicted molar refractivity (Wildman–Crippen MR) is 97.4 cm³/mol. The molecule has 1 atom stereocenters. The number of nitrogens with one attached hydrogen (secondary N) is 3. The Morgan fingerprint density at radius 2 is 1.89 bits per heavy atom. The molecule has 0 aliphatic carbocycles. The molecule has 1 unspecified atom stereocenters. The van der Waals surface area contributed by atoms with Gasteiger partial charge in [-0.2, -0.15) is 0 Å². The number of benzene rings is 1. The Balaban J connectivity index is 1.38. The lowest BCUT2D eigenvalue weighted by Gasteiger charge is -2.27. The van der Waals surface area contributed by atoms with Crippen molar-refractivity contribution < 1.29 is 23.9 Å². The molecule has 4 amide bonds. The fourth-order valence-corrected chi connectivity index (χ4v) is 3.54. The van der Waals surface area contributed by atoms with Gasteiger partial charge in [-0.15, -0.1) is 0 Å². The summed E-state index contributed by atoms with van der Waals surface area (Å²) in [5.74, 6) is -1.97. The standard InChI is InChI=1S/C19H22N4O5/c24-16-4-3-15(17(25)22-16)23-18(26)13-2-1-11(7-14(13)19(23)27)8-20-5-6-28-12-9-21-10-12/h1-2,7,12,15,20-21H,3-6,8-10H2,(H,22,24,25). The van der Waals surface area contributed by atoms with Crippen LogP contribution in [0.25, 0.3) is 0 Å². The van der Waals surface area contributed by atoms with Gasteiger partial charge in [0, 0.05) is 32.6 Å². The van der Waals surface area contributed by atoms with E-state index in [9.17, 15) is 19.2 Å². The van der Waals surface area contributed by atoms with Crippen molar-refractivity contribution in [2.45, 2.75) is 31.5 Å². The number of carbonyl (C=O) groups excluding carboxylic acids is 4. The highest BCUT2D eigenvalue weighted by Crippen LogP contribution is 2.28. The summed E-state index contributed by atoms with van der Waals surface area (Å²) in [7, 11) is 0. The minimum absolute atomic E-state index is 0.109. The number of imide groups is 2. The summed E-state index contributed by atoms with van der Waals surface area (Å²) in [6.45, 7) is 3.62. The first kappa shape index (κ1) is 18.7. The van der Waals surface area contributed by atoms with Crippen molar-refractivity contribution >= 4 is 23.6 Å². The molecule has 1 aromatic rings. The fraction of sp³-hybridized carbons (Fsp3) is 0.474. The van der Waals surface area contributed by atoms with E-state index in [4.69, 9.17) is 4.74 Å². The third kappa shape index (κ3) is 3.56. The monoisotopic (exact) mass is 386 g/mol. The van der Waals surface area contributed by atoms with E-state index in [0.29, 0.717) is 36.9 Å². The van der Waals surface area contributed by atoms with Gasteiger partial charge in [0.05, 0.1) is 23.8 Å². The number of carbonyl (C=O) groups is 4. The zero-order chi connectivity index (χ0) is 19.7. The number of rotatable bonds is 7. The SMILES string of the molecule is O=C1CCC(N2C(=O)c3ccc(CNCCOC4CNC4)cc3C2=O)C(=O)N1. The Labute approximate surface area is 161 Å². The lowest BCUT2D eigenvalue weighted by Crippen LogP contribution is -2.54. The van der Waals surface area contributed by atoms with Gasteiger partial charge in [0.2, 0.25) is 11.8 Å². The molecular formula is C19H22N4O5. The van der Waals surface area contributed by atoms with Crippen LogP contribution < -0.4 is 16.0 Å². The van der Waals surface area contributed by atoms with Crippen LogP contribution in [0.1, 0.15) is 39.1 Å². The number of hydrogen-bond donors (Lipinski definition) is 3. The van der Waals surface area contributed by atoms with E-state index in [1.54, 1.807) is 18.2 Å². The molecule has 9 heteroatoms. The molecule has 0 radical (unpaired) electrons. The fourth-order valence-electron chi connectivity index (χ4n) is 3.54. The molecule has 3 heterocycles. The molecule has 2 fully saturated rings. The van der Waals surface area contributed by atoms with E-state index in [1.807, 2.05) is 0 Å². The summed E-state index contributed by atoms with van der Waals surface area (Å²) in [4.78, 5) is 49.8. The van der Waals surface area contributed by atoms with Gasteiger partial charge in [-0.25, -0.2) is 0 Å². The van der Waals surface area contributed by atoms with Crippen LogP contribution in [-0.4, -0.2) is 66.9 Å². The molecule has 148 valence electrons. The lowest BCUT2D eigenvalue weighted by atomic mass is 10.0. The predicted octanol–water partition coefficient (Wildman–Crippen LogP) is -0.834. The third-order valence-corrected chi connectivity index (χ3v) is 5.21. The smallest absolute Gasteiger partial charge is 0.262 e. The first-order valence-electron chi connectivity index (χ1n) is 9.42. The minimum atomic E-state index is -0.940. The van der Waals surface area contributed by atoms with Gasteiger partial charge in [-0.3, -0.25) is 29.4 Å². The second-order valence-electron chi connectivity index (χ2n) is 7.15. The Bertz CT molecular complexity index is 836. The topological polar surface area (TPSA) is 117 Å². The molecular weight excluding hydrogens is 364 g/mol. The first-order valence-corrected chi connectivity index (χ1v) is 9.42. The van der Waals surface area contributed by atoms with E-state index in [0.717, 1.165) is 23.6 Å². The van der Waals surface area contributed by atoms with Crippen LogP contribution in [0, 0.1) is 0 Å². The highest BCUT2D eigenvalue weighted by molar-refractivity contribution is 6.23. The molecule has 0 spiro atoms. The zero-order valence-corrected chi connectivity index (χ0v) is 15.3. The summed E-state index contributed by atoms with van der Waals surface area (Å²) in [6, 6.07) is 4.16. The zero-order valence-electron chi connectivity index (χ0n) is 15.3. The van der Waals surface area contributed by atoms with Crippen LogP contribution in [0.4, 0.5) is 0 Å². The van der Waals surface area contributed by atoms with Crippen molar-refractivity contribution in [2.24, 2.45) is 0 Å². The summed E-state index contributed by atoms with van der Waals surface area (Å²) >= 11 is 0. The van der Waals surface area contributed by atoms with Crippen molar-refractivity contribution in [3.63, 3.8) is 0 Å². The third-order valence-electron chi connectivity index (χ3n) is 5.21. The molecule has 3 N–H and O–H groups in total. The van der Waals surface area contributed by atoms with Crippen molar-refractivity contribution in [1.29, 1.82) is 0 Å². The van der Waals surface area contributed by atoms with Gasteiger partial charge in [-0.05, 0) is 24.1 Å². The Hall–Kier alpha value is -2.62. The number of hydrogen-bond acceptors (Lipinski definition) is 7. The van der Waals surface area contributed by atoms with Crippen molar-refractivity contribution in [2.75, 3.05) is 26.2 Å². The summed E-state index contributed by atoms with van der Waals surface area (Å²) in [5.41, 5.74) is 1.46. The second-order valence-corrected chi connectivity index (χ2v) is 7.15. The number of ether oxygens (including phenoxy) is 1. The van der Waals surface area contributed by atoms with Crippen LogP contribution in [0.2, 0.25) is 0 Å². The van der Waals surface area contributed by atoms with Crippen LogP contribution in [-0.2, 0) is 20.9 Å². The van der Waals surface area contributed by atoms with Crippen LogP contribution in [0.3, 0.4) is 0 Å². The summed E-state index contributed by atoms with van der Waals surface area (Å²) in [5, 5.41) is 8.59. The number of fused-ring (bicyclic) bond motifs is 1. The average molecular weight is 386 g/mol. The molecule has 4 rings (SSSR count). The number of amides is 4. The minimum Gasteiger partial charge on any atom is -0.374 e. The van der Waals surface area contributed by atoms with Gasteiger partial charge in [-0.1, -0.05) is 6.07 Å². The first-order chi connectivity index (χ1) is 13.5. The highest BCUT2D eigenvalue weighted by Gasteiger charge is 2.44. The molecule has 0 bridgehead atoms. The quantitative estimate of drug-likeness (QED) is 0.413. The van der Waals surface area contributed by atoms with Crippen LogP contribution in [0.15, 0.2) is 18.2 Å². The molecule has 1 aromatic carbocycles. The number of nitrogens with zero attached hydrogens (tertiary/aromatic N) is 1. The maximum absolute atomic E-state index is 12.8. The lowest BCUT2D eigenvalue weighted by molar-refractivity contribution is -0.136. The van der Waals surface area contributed by atoms with E-state index in [-0.39, 0.29) is 18.7 Å². The molecule has 9 nitrogen and oxygen atoms in total. The maximum atomic E-state index is 12.8. The average Bonchev–Trinajstić information content (AvgIpc) is 2.87. The molecule has 3 aliphatic rings.